The van der Waals surface area contributed by atoms with E-state index in [2.05, 4.69) is 131 Å². The molecule has 4 aliphatic rings. The molecular formula is C40H34Cl2N2Zr. The maximum absolute atomic E-state index is 2.86. The fraction of sp³-hybridized carbons (Fsp3) is 0.200. The monoisotopic (exact) mass is 702 g/mol. The van der Waals surface area contributed by atoms with E-state index in [4.69, 9.17) is 0 Å². The quantitative estimate of drug-likeness (QED) is 0.173. The van der Waals surface area contributed by atoms with Crippen LogP contribution in [0, 0.1) is 0 Å². The molecule has 2 unspecified atom stereocenters. The van der Waals surface area contributed by atoms with Gasteiger partial charge in [0, 0.05) is 0 Å². The van der Waals surface area contributed by atoms with Crippen LogP contribution in [-0.2, 0) is 55.4 Å². The van der Waals surface area contributed by atoms with Gasteiger partial charge >= 0.3 is 265 Å². The van der Waals surface area contributed by atoms with E-state index >= 15 is 0 Å². The average molecular weight is 705 g/mol. The van der Waals surface area contributed by atoms with Crippen molar-refractivity contribution in [2.45, 2.75) is 45.0 Å². The van der Waals surface area contributed by atoms with Crippen molar-refractivity contribution in [1.82, 2.24) is 9.13 Å². The second kappa shape index (κ2) is 10.7. The number of rotatable bonds is 4. The number of hydrogen-bond donors (Lipinski definition) is 0. The molecule has 4 aromatic carbocycles. The van der Waals surface area contributed by atoms with Crippen molar-refractivity contribution >= 4 is 58.8 Å². The molecule has 0 N–H and O–H groups in total. The smallest absolute Gasteiger partial charge is 0.147 e. The summed E-state index contributed by atoms with van der Waals surface area (Å²) in [5, 5.41) is 2.94. The van der Waals surface area contributed by atoms with Gasteiger partial charge in [0.25, 0.3) is 0 Å². The van der Waals surface area contributed by atoms with Crippen molar-refractivity contribution < 1.29 is 23.2 Å². The third-order valence-corrected chi connectivity index (χ3v) is 15.8. The number of aryl methyl sites for hydroxylation is 2. The number of fused-ring (bicyclic) bond motifs is 8. The molecule has 0 spiro atoms. The van der Waals surface area contributed by atoms with Crippen LogP contribution in [0.2, 0.25) is 0 Å². The average Bonchev–Trinajstić information content (AvgIpc) is 3.89. The van der Waals surface area contributed by atoms with Crippen LogP contribution in [0.1, 0.15) is 57.6 Å². The number of hydrogen-bond acceptors (Lipinski definition) is 0. The molecule has 0 radical (unpaired) electrons. The van der Waals surface area contributed by atoms with Gasteiger partial charge in [-0.05, 0) is 0 Å². The van der Waals surface area contributed by atoms with Crippen LogP contribution in [0.3, 0.4) is 0 Å². The van der Waals surface area contributed by atoms with E-state index in [0.29, 0.717) is 0 Å². The van der Waals surface area contributed by atoms with Crippen molar-refractivity contribution in [2.75, 3.05) is 0 Å². The normalized spacial score (nSPS) is 21.8. The van der Waals surface area contributed by atoms with E-state index in [1.807, 2.05) is 0 Å². The summed E-state index contributed by atoms with van der Waals surface area (Å²) in [4.78, 5) is 0. The maximum atomic E-state index is 2.86. The van der Waals surface area contributed by atoms with Gasteiger partial charge in [-0.2, -0.15) is 0 Å². The molecule has 2 heterocycles. The Morgan fingerprint density at radius 1 is 0.489 bits per heavy atom. The molecule has 2 atom stereocenters. The van der Waals surface area contributed by atoms with Crippen molar-refractivity contribution in [3.8, 4) is 0 Å². The van der Waals surface area contributed by atoms with E-state index in [-0.39, 0.29) is 31.3 Å². The van der Waals surface area contributed by atoms with Gasteiger partial charge in [0.1, 0.15) is 0 Å². The zero-order valence-electron chi connectivity index (χ0n) is 25.0. The molecule has 0 saturated heterocycles. The molecule has 4 aliphatic carbocycles. The van der Waals surface area contributed by atoms with Crippen molar-refractivity contribution in [3.05, 3.63) is 154 Å². The Balaban J connectivity index is 0.00000150. The summed E-state index contributed by atoms with van der Waals surface area (Å²) >= 11 is -1.51. The Morgan fingerprint density at radius 2 is 0.911 bits per heavy atom. The predicted molar refractivity (Wildman–Crippen MR) is 188 cm³/mol. The standard InChI is InChI=1S/2C20H16N.2ClH.Zr/c2*1-2-7-15-14(6-1)12-13-20(15)21-18-10-4-3-8-16(18)17-9-5-11-19(17)21;;;/h2*1-4,6-8,10,12-13H,5,9,11H2;2*1H;. The Morgan fingerprint density at radius 3 is 1.40 bits per heavy atom. The summed E-state index contributed by atoms with van der Waals surface area (Å²) in [5.41, 5.74) is 15.0. The molecule has 0 bridgehead atoms. The summed E-state index contributed by atoms with van der Waals surface area (Å²) in [6.45, 7) is 0. The third-order valence-electron chi connectivity index (χ3n) is 10.7. The number of allylic oxidation sites excluding steroid dienone is 2. The molecule has 0 saturated carbocycles. The number of benzene rings is 4. The first kappa shape index (κ1) is 29.3. The van der Waals surface area contributed by atoms with Gasteiger partial charge in [0.2, 0.25) is 0 Å². The van der Waals surface area contributed by atoms with Gasteiger partial charge in [-0.15, -0.1) is 24.8 Å². The number of para-hydroxylation sites is 2. The molecular weight excluding hydrogens is 671 g/mol. The molecule has 5 heteroatoms. The van der Waals surface area contributed by atoms with Gasteiger partial charge in [-0.3, -0.25) is 0 Å². The Labute approximate surface area is 288 Å². The Hall–Kier alpha value is -3.10. The summed E-state index contributed by atoms with van der Waals surface area (Å²) in [6, 6.07) is 37.1. The maximum Gasteiger partial charge on any atom is -0.147 e. The number of aromatic nitrogens is 2. The minimum atomic E-state index is -1.51. The van der Waals surface area contributed by atoms with Crippen LogP contribution in [0.15, 0.2) is 109 Å². The van der Waals surface area contributed by atoms with Crippen LogP contribution >= 0.6 is 24.8 Å². The van der Waals surface area contributed by atoms with E-state index in [0.717, 1.165) is 0 Å². The molecule has 45 heavy (non-hydrogen) atoms. The summed E-state index contributed by atoms with van der Waals surface area (Å²) in [6.07, 6.45) is 17.4. The largest absolute Gasteiger partial charge is 0.147 e. The van der Waals surface area contributed by atoms with Gasteiger partial charge in [0.05, 0.1) is 0 Å². The number of nitrogens with zero attached hydrogens (tertiary/aromatic N) is 2. The van der Waals surface area contributed by atoms with Crippen molar-refractivity contribution in [2.24, 2.45) is 0 Å². The predicted octanol–water partition coefficient (Wildman–Crippen LogP) is 9.66. The van der Waals surface area contributed by atoms with Gasteiger partial charge < -0.3 is 0 Å². The van der Waals surface area contributed by atoms with Crippen molar-refractivity contribution in [3.63, 3.8) is 0 Å². The minimum absolute atomic E-state index is 0. The van der Waals surface area contributed by atoms with E-state index in [1.54, 1.807) is 22.5 Å². The second-order valence-corrected chi connectivity index (χ2v) is 17.1. The SMILES string of the molecule is C1=C[C]([Zr][C]2(n3c4c(c5ccccc53)CCC4)C=Cc3ccccc32)(n2c3c(c4ccccc42)CCC3)c2ccccc21.Cl.Cl. The van der Waals surface area contributed by atoms with Crippen LogP contribution in [0.25, 0.3) is 34.0 Å². The van der Waals surface area contributed by atoms with Crippen LogP contribution in [0.5, 0.6) is 0 Å². The zero-order valence-corrected chi connectivity index (χ0v) is 29.1. The number of halogens is 2. The summed E-state index contributed by atoms with van der Waals surface area (Å²) < 4.78 is 5.41. The first-order valence-corrected chi connectivity index (χ1v) is 18.3. The van der Waals surface area contributed by atoms with E-state index in [1.165, 1.54) is 82.6 Å². The van der Waals surface area contributed by atoms with Crippen LogP contribution in [-0.4, -0.2) is 9.13 Å². The fourth-order valence-electron chi connectivity index (χ4n) is 9.06. The van der Waals surface area contributed by atoms with Crippen LogP contribution < -0.4 is 0 Å². The molecule has 6 aromatic rings. The molecule has 2 nitrogen and oxygen atoms in total. The second-order valence-electron chi connectivity index (χ2n) is 12.8. The molecule has 2 aromatic heterocycles. The summed E-state index contributed by atoms with van der Waals surface area (Å²) in [7, 11) is 0. The van der Waals surface area contributed by atoms with Gasteiger partial charge in [-0.1, -0.05) is 0 Å². The molecule has 222 valence electrons. The Bertz CT molecular complexity index is 2050. The third kappa shape index (κ3) is 3.84. The van der Waals surface area contributed by atoms with Gasteiger partial charge in [-0.25, -0.2) is 0 Å². The molecule has 0 fully saturated rings. The van der Waals surface area contributed by atoms with E-state index < -0.39 is 23.2 Å². The van der Waals surface area contributed by atoms with Crippen molar-refractivity contribution in [1.29, 1.82) is 0 Å². The van der Waals surface area contributed by atoms with Gasteiger partial charge in [0.15, 0.2) is 0 Å². The molecule has 10 rings (SSSR count). The molecule has 0 amide bonds. The zero-order chi connectivity index (χ0) is 28.2. The first-order chi connectivity index (χ1) is 21.3. The fourth-order valence-corrected chi connectivity index (χ4v) is 14.9. The molecule has 0 aliphatic heterocycles. The van der Waals surface area contributed by atoms with E-state index in [9.17, 15) is 0 Å². The topological polar surface area (TPSA) is 9.86 Å². The minimum Gasteiger partial charge on any atom is -0.147 e. The first-order valence-electron chi connectivity index (χ1n) is 15.9. The summed E-state index contributed by atoms with van der Waals surface area (Å²) in [5.74, 6) is 0. The van der Waals surface area contributed by atoms with Crippen LogP contribution in [0.4, 0.5) is 0 Å². The Kier molecular flexibility index (Phi) is 6.99.